The number of carboxylic acids is 1. The smallest absolute Gasteiger partial charge is 0.317 e. The molecule has 20 heavy (non-hydrogen) atoms. The summed E-state index contributed by atoms with van der Waals surface area (Å²) >= 11 is 0. The van der Waals surface area contributed by atoms with Crippen LogP contribution in [-0.2, 0) is 4.79 Å². The number of likely N-dealkylation sites (tertiary alicyclic amines) is 1. The van der Waals surface area contributed by atoms with E-state index in [0.29, 0.717) is 12.3 Å². The summed E-state index contributed by atoms with van der Waals surface area (Å²) in [4.78, 5) is 25.2. The van der Waals surface area contributed by atoms with E-state index in [2.05, 4.69) is 12.2 Å². The van der Waals surface area contributed by atoms with Gasteiger partial charge < -0.3 is 15.3 Å². The van der Waals surface area contributed by atoms with Crippen molar-refractivity contribution in [2.45, 2.75) is 58.9 Å². The summed E-state index contributed by atoms with van der Waals surface area (Å²) in [5.41, 5.74) is 0. The SMILES string of the molecule is CC(C)CC(CNC(=O)N1CCCCCC1C)C(=O)O. The van der Waals surface area contributed by atoms with Gasteiger partial charge in [-0.2, -0.15) is 0 Å². The van der Waals surface area contributed by atoms with Crippen LogP contribution in [0.1, 0.15) is 52.9 Å². The van der Waals surface area contributed by atoms with Gasteiger partial charge in [0.15, 0.2) is 0 Å². The Balaban J connectivity index is 2.49. The molecular weight excluding hydrogens is 256 g/mol. The third kappa shape index (κ3) is 5.39. The lowest BCUT2D eigenvalue weighted by Gasteiger charge is -2.28. The average Bonchev–Trinajstić information content (AvgIpc) is 2.58. The minimum Gasteiger partial charge on any atom is -0.481 e. The van der Waals surface area contributed by atoms with Crippen LogP contribution in [-0.4, -0.2) is 41.1 Å². The molecule has 1 saturated heterocycles. The van der Waals surface area contributed by atoms with Crippen molar-refractivity contribution < 1.29 is 14.7 Å². The quantitative estimate of drug-likeness (QED) is 0.815. The fraction of sp³-hybridized carbons (Fsp3) is 0.867. The van der Waals surface area contributed by atoms with Crippen molar-refractivity contribution in [2.75, 3.05) is 13.1 Å². The standard InChI is InChI=1S/C15H28N2O3/c1-11(2)9-13(14(18)19)10-16-15(20)17-8-6-4-5-7-12(17)3/h11-13H,4-10H2,1-3H3,(H,16,20)(H,18,19). The van der Waals surface area contributed by atoms with Crippen LogP contribution in [0.3, 0.4) is 0 Å². The predicted octanol–water partition coefficient (Wildman–Crippen LogP) is 2.71. The number of hydrogen-bond donors (Lipinski definition) is 2. The first-order valence-electron chi connectivity index (χ1n) is 7.69. The second-order valence-corrected chi connectivity index (χ2v) is 6.24. The van der Waals surface area contributed by atoms with E-state index in [1.165, 1.54) is 6.42 Å². The normalized spacial score (nSPS) is 21.4. The molecule has 2 N–H and O–H groups in total. The zero-order chi connectivity index (χ0) is 15.1. The lowest BCUT2D eigenvalue weighted by molar-refractivity contribution is -0.142. The first-order valence-corrected chi connectivity index (χ1v) is 7.69. The number of aliphatic carboxylic acids is 1. The molecule has 5 heteroatoms. The second kappa shape index (κ2) is 8.12. The van der Waals surface area contributed by atoms with E-state index in [4.69, 9.17) is 0 Å². The fourth-order valence-electron chi connectivity index (χ4n) is 2.73. The van der Waals surface area contributed by atoms with Crippen LogP contribution in [0.5, 0.6) is 0 Å². The van der Waals surface area contributed by atoms with Crippen LogP contribution in [0.15, 0.2) is 0 Å². The highest BCUT2D eigenvalue weighted by atomic mass is 16.4. The van der Waals surface area contributed by atoms with Gasteiger partial charge in [0.05, 0.1) is 5.92 Å². The molecule has 2 unspecified atom stereocenters. The first kappa shape index (κ1) is 16.8. The lowest BCUT2D eigenvalue weighted by Crippen LogP contribution is -2.46. The Labute approximate surface area is 121 Å². The molecule has 116 valence electrons. The number of hydrogen-bond acceptors (Lipinski definition) is 2. The molecule has 0 aromatic heterocycles. The van der Waals surface area contributed by atoms with Gasteiger partial charge in [-0.05, 0) is 32.1 Å². The van der Waals surface area contributed by atoms with Crippen molar-refractivity contribution in [1.29, 1.82) is 0 Å². The van der Waals surface area contributed by atoms with Gasteiger partial charge in [-0.15, -0.1) is 0 Å². The molecule has 1 heterocycles. The van der Waals surface area contributed by atoms with Gasteiger partial charge in [-0.1, -0.05) is 26.7 Å². The molecule has 2 amide bonds. The molecule has 1 rings (SSSR count). The highest BCUT2D eigenvalue weighted by Crippen LogP contribution is 2.17. The molecule has 1 aliphatic heterocycles. The van der Waals surface area contributed by atoms with E-state index in [-0.39, 0.29) is 18.6 Å². The number of nitrogens with zero attached hydrogens (tertiary/aromatic N) is 1. The zero-order valence-electron chi connectivity index (χ0n) is 12.9. The van der Waals surface area contributed by atoms with Gasteiger partial charge in [0, 0.05) is 19.1 Å². The molecule has 0 radical (unpaired) electrons. The third-order valence-corrected chi connectivity index (χ3v) is 3.92. The van der Waals surface area contributed by atoms with Gasteiger partial charge in [0.25, 0.3) is 0 Å². The van der Waals surface area contributed by atoms with Crippen molar-refractivity contribution in [2.24, 2.45) is 11.8 Å². The maximum absolute atomic E-state index is 12.2. The highest BCUT2D eigenvalue weighted by molar-refractivity contribution is 5.76. The van der Waals surface area contributed by atoms with Crippen molar-refractivity contribution in [3.8, 4) is 0 Å². The van der Waals surface area contributed by atoms with Crippen LogP contribution in [0.25, 0.3) is 0 Å². The Kier molecular flexibility index (Phi) is 6.82. The summed E-state index contributed by atoms with van der Waals surface area (Å²) < 4.78 is 0. The number of nitrogens with one attached hydrogen (secondary N) is 1. The van der Waals surface area contributed by atoms with Crippen molar-refractivity contribution in [3.05, 3.63) is 0 Å². The van der Waals surface area contributed by atoms with Gasteiger partial charge >= 0.3 is 12.0 Å². The number of carbonyl (C=O) groups excluding carboxylic acids is 1. The molecule has 5 nitrogen and oxygen atoms in total. The van der Waals surface area contributed by atoms with Crippen LogP contribution >= 0.6 is 0 Å². The summed E-state index contributed by atoms with van der Waals surface area (Å²) in [7, 11) is 0. The van der Waals surface area contributed by atoms with Gasteiger partial charge in [0.2, 0.25) is 0 Å². The summed E-state index contributed by atoms with van der Waals surface area (Å²) in [6, 6.07) is 0.125. The molecule has 0 aromatic carbocycles. The average molecular weight is 284 g/mol. The lowest BCUT2D eigenvalue weighted by atomic mass is 9.97. The van der Waals surface area contributed by atoms with Crippen LogP contribution < -0.4 is 5.32 Å². The Bertz CT molecular complexity index is 331. The van der Waals surface area contributed by atoms with Crippen molar-refractivity contribution in [3.63, 3.8) is 0 Å². The van der Waals surface area contributed by atoms with Crippen LogP contribution in [0.4, 0.5) is 4.79 Å². The van der Waals surface area contributed by atoms with Crippen molar-refractivity contribution >= 4 is 12.0 Å². The van der Waals surface area contributed by atoms with Crippen LogP contribution in [0.2, 0.25) is 0 Å². The Hall–Kier alpha value is -1.26. The number of amides is 2. The molecular formula is C15H28N2O3. The monoisotopic (exact) mass is 284 g/mol. The van der Waals surface area contributed by atoms with Gasteiger partial charge in [-0.25, -0.2) is 4.79 Å². The van der Waals surface area contributed by atoms with E-state index in [1.807, 2.05) is 18.7 Å². The first-order chi connectivity index (χ1) is 9.41. The van der Waals surface area contributed by atoms with E-state index in [1.54, 1.807) is 0 Å². The number of urea groups is 1. The van der Waals surface area contributed by atoms with E-state index < -0.39 is 11.9 Å². The number of carbonyl (C=O) groups is 2. The minimum atomic E-state index is -0.831. The summed E-state index contributed by atoms with van der Waals surface area (Å²) in [6.07, 6.45) is 4.98. The van der Waals surface area contributed by atoms with Gasteiger partial charge in [-0.3, -0.25) is 4.79 Å². The maximum Gasteiger partial charge on any atom is 0.317 e. The van der Waals surface area contributed by atoms with Crippen LogP contribution in [0, 0.1) is 11.8 Å². The molecule has 1 fully saturated rings. The molecule has 0 bridgehead atoms. The number of rotatable bonds is 5. The fourth-order valence-corrected chi connectivity index (χ4v) is 2.73. The largest absolute Gasteiger partial charge is 0.481 e. The Morgan fingerprint density at radius 3 is 2.60 bits per heavy atom. The molecule has 0 saturated carbocycles. The van der Waals surface area contributed by atoms with E-state index >= 15 is 0 Å². The molecule has 0 aliphatic carbocycles. The third-order valence-electron chi connectivity index (χ3n) is 3.92. The molecule has 0 aromatic rings. The molecule has 0 spiro atoms. The van der Waals surface area contributed by atoms with E-state index in [9.17, 15) is 14.7 Å². The Morgan fingerprint density at radius 2 is 2.00 bits per heavy atom. The summed E-state index contributed by atoms with van der Waals surface area (Å²) in [5.74, 6) is -1.02. The van der Waals surface area contributed by atoms with E-state index in [0.717, 1.165) is 25.8 Å². The molecule has 2 atom stereocenters. The maximum atomic E-state index is 12.2. The van der Waals surface area contributed by atoms with Crippen molar-refractivity contribution in [1.82, 2.24) is 10.2 Å². The minimum absolute atomic E-state index is 0.116. The summed E-state index contributed by atoms with van der Waals surface area (Å²) in [5, 5.41) is 12.0. The number of carboxylic acid groups (broad SMARTS) is 1. The molecule has 1 aliphatic rings. The summed E-state index contributed by atoms with van der Waals surface area (Å²) in [6.45, 7) is 7.04. The van der Waals surface area contributed by atoms with Gasteiger partial charge in [0.1, 0.15) is 0 Å². The zero-order valence-corrected chi connectivity index (χ0v) is 12.9. The topological polar surface area (TPSA) is 69.6 Å². The Morgan fingerprint density at radius 1 is 1.30 bits per heavy atom. The predicted molar refractivity (Wildman–Crippen MR) is 78.6 cm³/mol. The highest BCUT2D eigenvalue weighted by Gasteiger charge is 2.24. The second-order valence-electron chi connectivity index (χ2n) is 6.24.